The smallest absolute Gasteiger partial charge is 0.156 e. The van der Waals surface area contributed by atoms with E-state index in [0.717, 1.165) is 11.1 Å². The van der Waals surface area contributed by atoms with Gasteiger partial charge in [-0.1, -0.05) is 36.3 Å². The Kier molecular flexibility index (Phi) is 2.83. The minimum atomic E-state index is -0.203. The molecule has 0 spiro atoms. The Bertz CT molecular complexity index is 549. The van der Waals surface area contributed by atoms with Gasteiger partial charge in [0.15, 0.2) is 6.10 Å². The second-order valence-corrected chi connectivity index (χ2v) is 3.85. The van der Waals surface area contributed by atoms with Gasteiger partial charge < -0.3 is 4.74 Å². The summed E-state index contributed by atoms with van der Waals surface area (Å²) in [7, 11) is 0. The molecular formula is C15H14O. The third-order valence-corrected chi connectivity index (χ3v) is 2.64. The van der Waals surface area contributed by atoms with Crippen LogP contribution >= 0.6 is 0 Å². The highest BCUT2D eigenvalue weighted by atomic mass is 16.5. The minimum absolute atomic E-state index is 0.203. The van der Waals surface area contributed by atoms with E-state index in [2.05, 4.69) is 31.0 Å². The topological polar surface area (TPSA) is 9.23 Å². The van der Waals surface area contributed by atoms with Crippen LogP contribution in [0.4, 0.5) is 0 Å². The lowest BCUT2D eigenvalue weighted by Crippen LogP contribution is -2.08. The molecule has 80 valence electrons. The van der Waals surface area contributed by atoms with Crippen LogP contribution in [0.2, 0.25) is 0 Å². The number of terminal acetylenes is 1. The van der Waals surface area contributed by atoms with Crippen molar-refractivity contribution in [3.63, 3.8) is 0 Å². The van der Waals surface area contributed by atoms with Gasteiger partial charge in [-0.15, -0.1) is 6.42 Å². The van der Waals surface area contributed by atoms with Crippen molar-refractivity contribution in [1.82, 2.24) is 0 Å². The molecule has 0 aliphatic heterocycles. The molecule has 0 fully saturated rings. The highest BCUT2D eigenvalue weighted by Crippen LogP contribution is 2.28. The van der Waals surface area contributed by atoms with Crippen molar-refractivity contribution in [2.24, 2.45) is 0 Å². The van der Waals surface area contributed by atoms with E-state index >= 15 is 0 Å². The number of ether oxygens (including phenoxy) is 1. The van der Waals surface area contributed by atoms with Crippen LogP contribution < -0.4 is 4.74 Å². The second-order valence-electron chi connectivity index (χ2n) is 3.85. The number of hydrogen-bond donors (Lipinski definition) is 0. The monoisotopic (exact) mass is 210 g/mol. The maximum Gasteiger partial charge on any atom is 0.156 e. The molecule has 2 aromatic rings. The summed E-state index contributed by atoms with van der Waals surface area (Å²) in [5, 5.41) is 2.33. The van der Waals surface area contributed by atoms with Crippen LogP contribution in [0.1, 0.15) is 12.5 Å². The molecule has 0 N–H and O–H groups in total. The predicted octanol–water partition coefficient (Wildman–Crippen LogP) is 3.55. The summed E-state index contributed by atoms with van der Waals surface area (Å²) in [5.41, 5.74) is 1.25. The van der Waals surface area contributed by atoms with Gasteiger partial charge in [0.1, 0.15) is 5.75 Å². The number of benzene rings is 2. The Morgan fingerprint density at radius 1 is 1.12 bits per heavy atom. The summed E-state index contributed by atoms with van der Waals surface area (Å²) in [5.74, 6) is 3.42. The molecule has 0 radical (unpaired) electrons. The Morgan fingerprint density at radius 2 is 1.81 bits per heavy atom. The third kappa shape index (κ3) is 1.87. The van der Waals surface area contributed by atoms with Gasteiger partial charge in [0, 0.05) is 5.39 Å². The molecule has 1 atom stereocenters. The number of aryl methyl sites for hydroxylation is 1. The van der Waals surface area contributed by atoms with Gasteiger partial charge in [0.25, 0.3) is 0 Å². The fraction of sp³-hybridized carbons (Fsp3) is 0.200. The number of fused-ring (bicyclic) bond motifs is 1. The first-order chi connectivity index (χ1) is 7.72. The molecular weight excluding hydrogens is 196 g/mol. The summed E-state index contributed by atoms with van der Waals surface area (Å²) >= 11 is 0. The van der Waals surface area contributed by atoms with E-state index in [9.17, 15) is 0 Å². The van der Waals surface area contributed by atoms with Crippen LogP contribution in [0.15, 0.2) is 36.4 Å². The van der Waals surface area contributed by atoms with Crippen molar-refractivity contribution < 1.29 is 4.74 Å². The Balaban J connectivity index is 2.55. The Labute approximate surface area is 96.1 Å². The van der Waals surface area contributed by atoms with Gasteiger partial charge in [-0.2, -0.15) is 0 Å². The molecule has 1 heteroatoms. The maximum atomic E-state index is 5.70. The molecule has 2 rings (SSSR count). The van der Waals surface area contributed by atoms with Crippen molar-refractivity contribution in [2.45, 2.75) is 20.0 Å². The summed E-state index contributed by atoms with van der Waals surface area (Å²) in [6.07, 6.45) is 5.12. The fourth-order valence-corrected chi connectivity index (χ4v) is 1.77. The molecule has 0 aromatic heterocycles. The van der Waals surface area contributed by atoms with Crippen molar-refractivity contribution >= 4 is 10.8 Å². The van der Waals surface area contributed by atoms with Crippen molar-refractivity contribution in [1.29, 1.82) is 0 Å². The standard InChI is InChI=1S/C15H14O/c1-4-12(3)16-15-10-6-8-13-11(2)7-5-9-14(13)15/h1,5-10,12H,2-3H3. The third-order valence-electron chi connectivity index (χ3n) is 2.64. The van der Waals surface area contributed by atoms with E-state index in [4.69, 9.17) is 11.2 Å². The zero-order valence-corrected chi connectivity index (χ0v) is 9.53. The number of rotatable bonds is 2. The van der Waals surface area contributed by atoms with Gasteiger partial charge in [0.2, 0.25) is 0 Å². The molecule has 2 aromatic carbocycles. The van der Waals surface area contributed by atoms with E-state index in [-0.39, 0.29) is 6.10 Å². The Morgan fingerprint density at radius 3 is 2.56 bits per heavy atom. The first-order valence-electron chi connectivity index (χ1n) is 5.33. The molecule has 0 aliphatic rings. The summed E-state index contributed by atoms with van der Waals surface area (Å²) in [6.45, 7) is 3.96. The molecule has 0 aliphatic carbocycles. The zero-order chi connectivity index (χ0) is 11.5. The van der Waals surface area contributed by atoms with Crippen LogP contribution in [0.25, 0.3) is 10.8 Å². The average Bonchev–Trinajstić information content (AvgIpc) is 2.30. The first-order valence-corrected chi connectivity index (χ1v) is 5.33. The Hall–Kier alpha value is -1.94. The molecule has 1 nitrogen and oxygen atoms in total. The molecule has 0 bridgehead atoms. The quantitative estimate of drug-likeness (QED) is 0.689. The van der Waals surface area contributed by atoms with Crippen LogP contribution in [0, 0.1) is 19.3 Å². The minimum Gasteiger partial charge on any atom is -0.477 e. The molecule has 0 amide bonds. The first kappa shape index (κ1) is 10.6. The second kappa shape index (κ2) is 4.28. The highest BCUT2D eigenvalue weighted by molar-refractivity contribution is 5.90. The van der Waals surface area contributed by atoms with E-state index in [1.165, 1.54) is 10.9 Å². The molecule has 0 saturated heterocycles. The van der Waals surface area contributed by atoms with Crippen LogP contribution in [-0.2, 0) is 0 Å². The number of hydrogen-bond acceptors (Lipinski definition) is 1. The average molecular weight is 210 g/mol. The van der Waals surface area contributed by atoms with Crippen LogP contribution in [0.3, 0.4) is 0 Å². The molecule has 0 heterocycles. The molecule has 1 unspecified atom stereocenters. The van der Waals surface area contributed by atoms with Gasteiger partial charge in [-0.05, 0) is 30.9 Å². The molecule has 0 saturated carbocycles. The SMILES string of the molecule is C#CC(C)Oc1cccc2c(C)cccc12. The van der Waals surface area contributed by atoms with E-state index < -0.39 is 0 Å². The lowest BCUT2D eigenvalue weighted by atomic mass is 10.1. The fourth-order valence-electron chi connectivity index (χ4n) is 1.77. The lowest BCUT2D eigenvalue weighted by molar-refractivity contribution is 0.282. The van der Waals surface area contributed by atoms with Gasteiger partial charge in [-0.3, -0.25) is 0 Å². The summed E-state index contributed by atoms with van der Waals surface area (Å²) in [4.78, 5) is 0. The maximum absolute atomic E-state index is 5.70. The van der Waals surface area contributed by atoms with Gasteiger partial charge in [-0.25, -0.2) is 0 Å². The predicted molar refractivity (Wildman–Crippen MR) is 67.6 cm³/mol. The van der Waals surface area contributed by atoms with Crippen LogP contribution in [0.5, 0.6) is 5.75 Å². The van der Waals surface area contributed by atoms with Crippen molar-refractivity contribution in [3.8, 4) is 18.1 Å². The molecule has 16 heavy (non-hydrogen) atoms. The van der Waals surface area contributed by atoms with E-state index in [1.54, 1.807) is 0 Å². The van der Waals surface area contributed by atoms with E-state index in [1.807, 2.05) is 25.1 Å². The van der Waals surface area contributed by atoms with Crippen molar-refractivity contribution in [2.75, 3.05) is 0 Å². The lowest BCUT2D eigenvalue weighted by Gasteiger charge is -2.12. The van der Waals surface area contributed by atoms with Crippen molar-refractivity contribution in [3.05, 3.63) is 42.0 Å². The van der Waals surface area contributed by atoms with Gasteiger partial charge >= 0.3 is 0 Å². The largest absolute Gasteiger partial charge is 0.477 e. The highest BCUT2D eigenvalue weighted by Gasteiger charge is 2.05. The summed E-state index contributed by atoms with van der Waals surface area (Å²) < 4.78 is 5.70. The summed E-state index contributed by atoms with van der Waals surface area (Å²) in [6, 6.07) is 12.2. The van der Waals surface area contributed by atoms with Gasteiger partial charge in [0.05, 0.1) is 0 Å². The van der Waals surface area contributed by atoms with E-state index in [0.29, 0.717) is 0 Å². The zero-order valence-electron chi connectivity index (χ0n) is 9.53. The normalized spacial score (nSPS) is 12.1. The van der Waals surface area contributed by atoms with Crippen LogP contribution in [-0.4, -0.2) is 6.10 Å².